The first-order chi connectivity index (χ1) is 8.18. The second-order valence-electron chi connectivity index (χ2n) is 3.96. The molecule has 0 saturated carbocycles. The number of aliphatic imine (C=N–C) groups is 1. The topological polar surface area (TPSA) is 82.2 Å². The Morgan fingerprint density at radius 3 is 2.78 bits per heavy atom. The predicted molar refractivity (Wildman–Crippen MR) is 85.2 cm³/mol. The van der Waals surface area contributed by atoms with Crippen LogP contribution in [0.15, 0.2) is 29.3 Å². The summed E-state index contributed by atoms with van der Waals surface area (Å²) in [5, 5.41) is 0. The zero-order chi connectivity index (χ0) is 12.3. The monoisotopic (exact) mass is 359 g/mol. The predicted octanol–water partition coefficient (Wildman–Crippen LogP) is 1.63. The number of rotatable bonds is 4. The summed E-state index contributed by atoms with van der Waals surface area (Å²) in [5.41, 5.74) is 12.8. The highest BCUT2D eigenvalue weighted by molar-refractivity contribution is 14.0. The van der Waals surface area contributed by atoms with Gasteiger partial charge in [-0.25, -0.2) is 4.98 Å². The normalized spacial score (nSPS) is 10.1. The summed E-state index contributed by atoms with van der Waals surface area (Å²) in [7, 11) is 0. The Balaban J connectivity index is 0.00000162. The highest BCUT2D eigenvalue weighted by atomic mass is 127. The first kappa shape index (κ1) is 14.7. The zero-order valence-electron chi connectivity index (χ0n) is 10.3. The van der Waals surface area contributed by atoms with Gasteiger partial charge in [-0.3, -0.25) is 4.99 Å². The van der Waals surface area contributed by atoms with E-state index < -0.39 is 0 Å². The lowest BCUT2D eigenvalue weighted by molar-refractivity contribution is 0.649. The van der Waals surface area contributed by atoms with Crippen LogP contribution in [0.3, 0.4) is 0 Å². The molecule has 0 saturated heterocycles. The van der Waals surface area contributed by atoms with Crippen molar-refractivity contribution in [2.24, 2.45) is 16.5 Å². The lowest BCUT2D eigenvalue weighted by Gasteiger charge is -2.05. The number of hydrogen-bond donors (Lipinski definition) is 2. The number of para-hydroxylation sites is 2. The molecular formula is C12H18IN5. The lowest BCUT2D eigenvalue weighted by atomic mass is 10.3. The highest BCUT2D eigenvalue weighted by Gasteiger charge is 2.05. The molecule has 0 fully saturated rings. The fourth-order valence-electron chi connectivity index (χ4n) is 1.92. The Labute approximate surface area is 123 Å². The number of guanidine groups is 1. The fraction of sp³-hybridized carbons (Fsp3) is 0.333. The summed E-state index contributed by atoms with van der Waals surface area (Å²) in [6.07, 6.45) is 0.902. The van der Waals surface area contributed by atoms with Crippen LogP contribution in [0.25, 0.3) is 11.0 Å². The molecule has 1 aromatic carbocycles. The number of aromatic nitrogens is 2. The molecule has 0 atom stereocenters. The summed E-state index contributed by atoms with van der Waals surface area (Å²) in [5.74, 6) is 1.17. The van der Waals surface area contributed by atoms with E-state index in [1.807, 2.05) is 25.1 Å². The number of hydrogen-bond acceptors (Lipinski definition) is 2. The van der Waals surface area contributed by atoms with E-state index >= 15 is 0 Å². The number of halogens is 1. The van der Waals surface area contributed by atoms with Crippen molar-refractivity contribution >= 4 is 41.0 Å². The molecule has 1 heterocycles. The van der Waals surface area contributed by atoms with Gasteiger partial charge in [-0.05, 0) is 25.5 Å². The Kier molecular flexibility index (Phi) is 5.39. The van der Waals surface area contributed by atoms with Crippen LogP contribution >= 0.6 is 24.0 Å². The maximum Gasteiger partial charge on any atom is 0.185 e. The van der Waals surface area contributed by atoms with E-state index in [-0.39, 0.29) is 29.9 Å². The van der Waals surface area contributed by atoms with Gasteiger partial charge < -0.3 is 16.0 Å². The van der Waals surface area contributed by atoms with Crippen molar-refractivity contribution in [2.75, 3.05) is 6.54 Å². The second kappa shape index (κ2) is 6.58. The van der Waals surface area contributed by atoms with E-state index in [0.29, 0.717) is 6.54 Å². The molecule has 2 rings (SSSR count). The van der Waals surface area contributed by atoms with E-state index in [2.05, 4.69) is 20.6 Å². The summed E-state index contributed by atoms with van der Waals surface area (Å²) in [6, 6.07) is 8.12. The quantitative estimate of drug-likeness (QED) is 0.377. The standard InChI is InChI=1S/C12H17N5.HI/c1-9-16-10-5-2-3-6-11(10)17(9)8-4-7-15-12(13)14;/h2-3,5-6H,4,7-8H2,1H3,(H4,13,14,15);1H. The zero-order valence-corrected chi connectivity index (χ0v) is 12.7. The highest BCUT2D eigenvalue weighted by Crippen LogP contribution is 2.15. The van der Waals surface area contributed by atoms with Gasteiger partial charge >= 0.3 is 0 Å². The fourth-order valence-corrected chi connectivity index (χ4v) is 1.92. The number of benzene rings is 1. The molecule has 5 nitrogen and oxygen atoms in total. The van der Waals surface area contributed by atoms with Gasteiger partial charge in [0.1, 0.15) is 5.82 Å². The molecule has 0 spiro atoms. The lowest BCUT2D eigenvalue weighted by Crippen LogP contribution is -2.23. The number of fused-ring (bicyclic) bond motifs is 1. The number of aryl methyl sites for hydroxylation is 2. The molecule has 4 N–H and O–H groups in total. The summed E-state index contributed by atoms with van der Waals surface area (Å²) in [4.78, 5) is 8.48. The SMILES string of the molecule is Cc1nc2ccccc2n1CCCN=C(N)N.I. The Morgan fingerprint density at radius 1 is 1.33 bits per heavy atom. The van der Waals surface area contributed by atoms with Crippen molar-refractivity contribution in [1.29, 1.82) is 0 Å². The van der Waals surface area contributed by atoms with Crippen molar-refractivity contribution in [2.45, 2.75) is 19.9 Å². The Hall–Kier alpha value is -1.31. The Morgan fingerprint density at radius 2 is 2.06 bits per heavy atom. The van der Waals surface area contributed by atoms with Crippen LogP contribution in [0, 0.1) is 6.92 Å². The minimum absolute atomic E-state index is 0. The molecule has 0 aliphatic carbocycles. The van der Waals surface area contributed by atoms with Crippen LogP contribution in [0.2, 0.25) is 0 Å². The number of nitrogens with two attached hydrogens (primary N) is 2. The van der Waals surface area contributed by atoms with Crippen LogP contribution < -0.4 is 11.5 Å². The van der Waals surface area contributed by atoms with Gasteiger partial charge in [0.25, 0.3) is 0 Å². The number of imidazole rings is 1. The van der Waals surface area contributed by atoms with Gasteiger partial charge in [-0.2, -0.15) is 0 Å². The maximum absolute atomic E-state index is 5.28. The minimum Gasteiger partial charge on any atom is -0.370 e. The molecule has 98 valence electrons. The van der Waals surface area contributed by atoms with Crippen LogP contribution in [-0.4, -0.2) is 22.1 Å². The van der Waals surface area contributed by atoms with Crippen LogP contribution in [0.1, 0.15) is 12.2 Å². The van der Waals surface area contributed by atoms with Crippen molar-refractivity contribution < 1.29 is 0 Å². The van der Waals surface area contributed by atoms with E-state index in [0.717, 1.165) is 29.8 Å². The first-order valence-electron chi connectivity index (χ1n) is 5.66. The molecule has 0 unspecified atom stereocenters. The van der Waals surface area contributed by atoms with Gasteiger partial charge in [-0.1, -0.05) is 12.1 Å². The molecule has 2 aromatic rings. The van der Waals surface area contributed by atoms with Gasteiger partial charge in [0, 0.05) is 13.1 Å². The second-order valence-corrected chi connectivity index (χ2v) is 3.96. The molecule has 0 bridgehead atoms. The first-order valence-corrected chi connectivity index (χ1v) is 5.66. The van der Waals surface area contributed by atoms with Crippen molar-refractivity contribution in [1.82, 2.24) is 9.55 Å². The van der Waals surface area contributed by atoms with Crippen molar-refractivity contribution in [3.8, 4) is 0 Å². The molecular weight excluding hydrogens is 341 g/mol. The minimum atomic E-state index is 0. The van der Waals surface area contributed by atoms with E-state index in [1.54, 1.807) is 0 Å². The van der Waals surface area contributed by atoms with Crippen molar-refractivity contribution in [3.05, 3.63) is 30.1 Å². The molecule has 0 aliphatic rings. The summed E-state index contributed by atoms with van der Waals surface area (Å²) in [6.45, 7) is 3.54. The van der Waals surface area contributed by atoms with Gasteiger partial charge in [-0.15, -0.1) is 24.0 Å². The van der Waals surface area contributed by atoms with Crippen LogP contribution in [0.5, 0.6) is 0 Å². The molecule has 0 radical (unpaired) electrons. The largest absolute Gasteiger partial charge is 0.370 e. The molecule has 6 heteroatoms. The molecule has 0 aliphatic heterocycles. The van der Waals surface area contributed by atoms with Crippen LogP contribution in [0.4, 0.5) is 0 Å². The molecule has 0 amide bonds. The summed E-state index contributed by atoms with van der Waals surface area (Å²) < 4.78 is 2.19. The van der Waals surface area contributed by atoms with Crippen molar-refractivity contribution in [3.63, 3.8) is 0 Å². The average molecular weight is 359 g/mol. The van der Waals surface area contributed by atoms with E-state index in [9.17, 15) is 0 Å². The van der Waals surface area contributed by atoms with E-state index in [1.165, 1.54) is 0 Å². The van der Waals surface area contributed by atoms with Gasteiger partial charge in [0.15, 0.2) is 5.96 Å². The van der Waals surface area contributed by atoms with Gasteiger partial charge in [0.2, 0.25) is 0 Å². The third kappa shape index (κ3) is 3.34. The van der Waals surface area contributed by atoms with E-state index in [4.69, 9.17) is 11.5 Å². The molecule has 18 heavy (non-hydrogen) atoms. The smallest absolute Gasteiger partial charge is 0.185 e. The molecule has 1 aromatic heterocycles. The average Bonchev–Trinajstić information content (AvgIpc) is 2.60. The maximum atomic E-state index is 5.28. The van der Waals surface area contributed by atoms with Gasteiger partial charge in [0.05, 0.1) is 11.0 Å². The Bertz CT molecular complexity index is 542. The third-order valence-electron chi connectivity index (χ3n) is 2.68. The van der Waals surface area contributed by atoms with Crippen LogP contribution in [-0.2, 0) is 6.54 Å². The number of nitrogens with zero attached hydrogens (tertiary/aromatic N) is 3. The third-order valence-corrected chi connectivity index (χ3v) is 2.68. The summed E-state index contributed by atoms with van der Waals surface area (Å²) >= 11 is 0.